The molecule has 0 amide bonds. The first-order valence-corrected chi connectivity index (χ1v) is 8.13. The Morgan fingerprint density at radius 3 is 2.58 bits per heavy atom. The van der Waals surface area contributed by atoms with Gasteiger partial charge in [-0.05, 0) is 51.1 Å². The molecule has 1 N–H and O–H groups in total. The van der Waals surface area contributed by atoms with E-state index in [9.17, 15) is 0 Å². The van der Waals surface area contributed by atoms with Crippen LogP contribution in [0.3, 0.4) is 0 Å². The molecule has 1 heterocycles. The van der Waals surface area contributed by atoms with Crippen molar-refractivity contribution in [3.8, 4) is 0 Å². The van der Waals surface area contributed by atoms with Crippen LogP contribution in [0.4, 0.5) is 5.82 Å². The molecule has 19 heavy (non-hydrogen) atoms. The maximum atomic E-state index is 4.61. The highest BCUT2D eigenvalue weighted by Crippen LogP contribution is 2.17. The van der Waals surface area contributed by atoms with Crippen LogP contribution in [-0.4, -0.2) is 36.1 Å². The molecule has 1 aromatic heterocycles. The van der Waals surface area contributed by atoms with Crippen molar-refractivity contribution in [3.63, 3.8) is 0 Å². The van der Waals surface area contributed by atoms with E-state index in [1.807, 2.05) is 18.0 Å². The lowest BCUT2D eigenvalue weighted by Crippen LogP contribution is -2.35. The average Bonchev–Trinajstić information content (AvgIpc) is 2.32. The molecule has 0 radical (unpaired) electrons. The van der Waals surface area contributed by atoms with Crippen LogP contribution in [-0.2, 0) is 6.54 Å². The highest BCUT2D eigenvalue weighted by Gasteiger charge is 2.10. The number of aryl methyl sites for hydroxylation is 1. The van der Waals surface area contributed by atoms with Crippen molar-refractivity contribution in [1.29, 1.82) is 0 Å². The summed E-state index contributed by atoms with van der Waals surface area (Å²) in [5.41, 5.74) is 2.63. The van der Waals surface area contributed by atoms with Crippen molar-refractivity contribution in [3.05, 3.63) is 23.4 Å². The number of aromatic nitrogens is 1. The molecule has 0 aromatic carbocycles. The van der Waals surface area contributed by atoms with Gasteiger partial charge >= 0.3 is 0 Å². The first-order chi connectivity index (χ1) is 8.83. The van der Waals surface area contributed by atoms with Crippen molar-refractivity contribution in [2.45, 2.75) is 39.8 Å². The summed E-state index contributed by atoms with van der Waals surface area (Å²) in [6, 6.07) is 2.23. The topological polar surface area (TPSA) is 28.2 Å². The first kappa shape index (κ1) is 16.3. The second kappa shape index (κ2) is 7.15. The van der Waals surface area contributed by atoms with E-state index in [4.69, 9.17) is 0 Å². The predicted octanol–water partition coefficient (Wildman–Crippen LogP) is 3.08. The molecule has 3 nitrogen and oxygen atoms in total. The van der Waals surface area contributed by atoms with Gasteiger partial charge in [0.2, 0.25) is 0 Å². The van der Waals surface area contributed by atoms with Gasteiger partial charge in [-0.1, -0.05) is 0 Å². The summed E-state index contributed by atoms with van der Waals surface area (Å²) in [6.45, 7) is 10.6. The molecule has 1 aromatic rings. The van der Waals surface area contributed by atoms with Crippen LogP contribution in [0.2, 0.25) is 0 Å². The standard InChI is InChI=1S/C15H27N3S/c1-12-9-13(11-17-15(2,3)4)10-16-14(12)18(5)7-8-19-6/h9-10,17H,7-8,11H2,1-6H3. The number of pyridine rings is 1. The Bertz CT molecular complexity index is 399. The quantitative estimate of drug-likeness (QED) is 0.867. The van der Waals surface area contributed by atoms with E-state index in [0.29, 0.717) is 0 Å². The molecular weight excluding hydrogens is 254 g/mol. The molecule has 4 heteroatoms. The molecule has 0 atom stereocenters. The SMILES string of the molecule is CSCCN(C)c1ncc(CNC(C)(C)C)cc1C. The predicted molar refractivity (Wildman–Crippen MR) is 87.2 cm³/mol. The number of nitrogens with zero attached hydrogens (tertiary/aromatic N) is 2. The van der Waals surface area contributed by atoms with Gasteiger partial charge in [-0.2, -0.15) is 11.8 Å². The minimum absolute atomic E-state index is 0.141. The molecular formula is C15H27N3S. The van der Waals surface area contributed by atoms with Crippen LogP contribution in [0, 0.1) is 6.92 Å². The Morgan fingerprint density at radius 1 is 1.37 bits per heavy atom. The van der Waals surface area contributed by atoms with Gasteiger partial charge < -0.3 is 10.2 Å². The molecule has 0 aliphatic heterocycles. The second-order valence-electron chi connectivity index (χ2n) is 6.00. The van der Waals surface area contributed by atoms with Gasteiger partial charge in [0, 0.05) is 37.6 Å². The van der Waals surface area contributed by atoms with Crippen molar-refractivity contribution in [2.24, 2.45) is 0 Å². The third-order valence-corrected chi connectivity index (χ3v) is 3.51. The smallest absolute Gasteiger partial charge is 0.131 e. The number of rotatable bonds is 6. The minimum atomic E-state index is 0.141. The van der Waals surface area contributed by atoms with E-state index in [1.165, 1.54) is 11.1 Å². The summed E-state index contributed by atoms with van der Waals surface area (Å²) < 4.78 is 0. The summed E-state index contributed by atoms with van der Waals surface area (Å²) in [5.74, 6) is 2.22. The Labute approximate surface area is 122 Å². The molecule has 0 spiro atoms. The van der Waals surface area contributed by atoms with E-state index in [-0.39, 0.29) is 5.54 Å². The van der Waals surface area contributed by atoms with E-state index in [1.54, 1.807) is 0 Å². The lowest BCUT2D eigenvalue weighted by atomic mass is 10.1. The van der Waals surface area contributed by atoms with E-state index >= 15 is 0 Å². The third kappa shape index (κ3) is 5.83. The van der Waals surface area contributed by atoms with Gasteiger partial charge in [0.1, 0.15) is 5.82 Å². The summed E-state index contributed by atoms with van der Waals surface area (Å²) in [7, 11) is 2.11. The highest BCUT2D eigenvalue weighted by molar-refractivity contribution is 7.98. The van der Waals surface area contributed by atoms with E-state index in [0.717, 1.165) is 24.7 Å². The van der Waals surface area contributed by atoms with Crippen molar-refractivity contribution < 1.29 is 0 Å². The second-order valence-corrected chi connectivity index (χ2v) is 6.99. The minimum Gasteiger partial charge on any atom is -0.359 e. The maximum absolute atomic E-state index is 4.61. The number of hydrogen-bond acceptors (Lipinski definition) is 4. The zero-order valence-electron chi connectivity index (χ0n) is 13.1. The lowest BCUT2D eigenvalue weighted by molar-refractivity contribution is 0.424. The van der Waals surface area contributed by atoms with Crippen molar-refractivity contribution >= 4 is 17.6 Å². The highest BCUT2D eigenvalue weighted by atomic mass is 32.2. The number of hydrogen-bond donors (Lipinski definition) is 1. The molecule has 0 saturated carbocycles. The number of anilines is 1. The largest absolute Gasteiger partial charge is 0.359 e. The fraction of sp³-hybridized carbons (Fsp3) is 0.667. The van der Waals surface area contributed by atoms with Crippen molar-refractivity contribution in [1.82, 2.24) is 10.3 Å². The molecule has 0 aliphatic carbocycles. The van der Waals surface area contributed by atoms with Crippen LogP contribution in [0.25, 0.3) is 0 Å². The monoisotopic (exact) mass is 281 g/mol. The van der Waals surface area contributed by atoms with Gasteiger partial charge in [0.25, 0.3) is 0 Å². The Kier molecular flexibility index (Phi) is 6.14. The van der Waals surface area contributed by atoms with Gasteiger partial charge in [-0.3, -0.25) is 0 Å². The Balaban J connectivity index is 2.69. The van der Waals surface area contributed by atoms with Crippen molar-refractivity contribution in [2.75, 3.05) is 30.5 Å². The van der Waals surface area contributed by atoms with Gasteiger partial charge in [0.15, 0.2) is 0 Å². The summed E-state index contributed by atoms with van der Waals surface area (Å²) in [4.78, 5) is 6.84. The zero-order chi connectivity index (χ0) is 14.5. The van der Waals surface area contributed by atoms with E-state index in [2.05, 4.69) is 62.3 Å². The lowest BCUT2D eigenvalue weighted by Gasteiger charge is -2.22. The number of thioether (sulfide) groups is 1. The van der Waals surface area contributed by atoms with E-state index < -0.39 is 0 Å². The molecule has 108 valence electrons. The van der Waals surface area contributed by atoms with Gasteiger partial charge in [-0.25, -0.2) is 4.98 Å². The van der Waals surface area contributed by atoms with Gasteiger partial charge in [-0.15, -0.1) is 0 Å². The maximum Gasteiger partial charge on any atom is 0.131 e. The number of nitrogens with one attached hydrogen (secondary N) is 1. The van der Waals surface area contributed by atoms with Crippen LogP contribution < -0.4 is 10.2 Å². The molecule has 1 rings (SSSR count). The molecule has 0 bridgehead atoms. The third-order valence-electron chi connectivity index (χ3n) is 2.92. The molecule has 0 saturated heterocycles. The molecule has 0 fully saturated rings. The first-order valence-electron chi connectivity index (χ1n) is 6.74. The van der Waals surface area contributed by atoms with Gasteiger partial charge in [0.05, 0.1) is 0 Å². The average molecular weight is 281 g/mol. The van der Waals surface area contributed by atoms with Crippen LogP contribution in [0.1, 0.15) is 31.9 Å². The normalized spacial score (nSPS) is 11.7. The van der Waals surface area contributed by atoms with Crippen LogP contribution >= 0.6 is 11.8 Å². The zero-order valence-corrected chi connectivity index (χ0v) is 13.9. The molecule has 0 aliphatic rings. The fourth-order valence-electron chi connectivity index (χ4n) is 1.82. The summed E-state index contributed by atoms with van der Waals surface area (Å²) >= 11 is 1.87. The van der Waals surface area contributed by atoms with Crippen LogP contribution in [0.5, 0.6) is 0 Å². The van der Waals surface area contributed by atoms with Crippen LogP contribution in [0.15, 0.2) is 12.3 Å². The summed E-state index contributed by atoms with van der Waals surface area (Å²) in [5, 5.41) is 3.49. The Morgan fingerprint density at radius 2 is 2.05 bits per heavy atom. The fourth-order valence-corrected chi connectivity index (χ4v) is 2.28. The Hall–Kier alpha value is -0.740. The molecule has 0 unspecified atom stereocenters. The summed E-state index contributed by atoms with van der Waals surface area (Å²) in [6.07, 6.45) is 4.12.